The fraction of sp³-hybridized carbons (Fsp3) is 0.357. The van der Waals surface area contributed by atoms with Gasteiger partial charge in [-0.2, -0.15) is 4.31 Å². The van der Waals surface area contributed by atoms with Crippen LogP contribution in [-0.4, -0.2) is 35.4 Å². The quantitative estimate of drug-likeness (QED) is 0.920. The minimum atomic E-state index is -3.55. The second-order valence-electron chi connectivity index (χ2n) is 5.09. The van der Waals surface area contributed by atoms with Gasteiger partial charge in [0.1, 0.15) is 11.3 Å². The van der Waals surface area contributed by atoms with Gasteiger partial charge in [0.25, 0.3) is 0 Å². The zero-order valence-corrected chi connectivity index (χ0v) is 12.0. The summed E-state index contributed by atoms with van der Waals surface area (Å²) in [6.07, 6.45) is 3.30. The van der Waals surface area contributed by atoms with Gasteiger partial charge < -0.3 is 5.11 Å². The maximum Gasteiger partial charge on any atom is 0.243 e. The molecule has 1 aliphatic rings. The molecule has 1 aromatic carbocycles. The first-order chi connectivity index (χ1) is 9.51. The molecular weight excluding hydrogens is 276 g/mol. The predicted octanol–water partition coefficient (Wildman–Crippen LogP) is 2.11. The lowest BCUT2D eigenvalue weighted by Gasteiger charge is -2.21. The van der Waals surface area contributed by atoms with Gasteiger partial charge in [0.15, 0.2) is 0 Å². The van der Waals surface area contributed by atoms with E-state index in [1.54, 1.807) is 12.1 Å². The zero-order chi connectivity index (χ0) is 14.3. The van der Waals surface area contributed by atoms with Crippen molar-refractivity contribution in [3.8, 4) is 5.75 Å². The topological polar surface area (TPSA) is 70.5 Å². The highest BCUT2D eigenvalue weighted by atomic mass is 32.2. The van der Waals surface area contributed by atoms with Crippen LogP contribution >= 0.6 is 0 Å². The number of aromatic hydroxyl groups is 1. The third-order valence-corrected chi connectivity index (χ3v) is 5.86. The van der Waals surface area contributed by atoms with Crippen LogP contribution in [-0.2, 0) is 10.0 Å². The molecule has 1 fully saturated rings. The van der Waals surface area contributed by atoms with Gasteiger partial charge in [-0.05, 0) is 44.0 Å². The molecule has 0 saturated carbocycles. The van der Waals surface area contributed by atoms with E-state index in [1.165, 1.54) is 22.6 Å². The van der Waals surface area contributed by atoms with E-state index in [0.29, 0.717) is 17.4 Å². The number of hydrogen-bond acceptors (Lipinski definition) is 4. The van der Waals surface area contributed by atoms with Gasteiger partial charge in [0.2, 0.25) is 10.0 Å². The Hall–Kier alpha value is -1.66. The van der Waals surface area contributed by atoms with Crippen LogP contribution in [0.15, 0.2) is 35.4 Å². The van der Waals surface area contributed by atoms with Crippen LogP contribution in [0.1, 0.15) is 19.8 Å². The van der Waals surface area contributed by atoms with Crippen molar-refractivity contribution in [3.63, 3.8) is 0 Å². The van der Waals surface area contributed by atoms with Gasteiger partial charge >= 0.3 is 0 Å². The summed E-state index contributed by atoms with van der Waals surface area (Å²) in [6, 6.07) is 6.22. The Morgan fingerprint density at radius 3 is 2.85 bits per heavy atom. The van der Waals surface area contributed by atoms with E-state index in [0.717, 1.165) is 12.8 Å². The van der Waals surface area contributed by atoms with Crippen molar-refractivity contribution in [1.29, 1.82) is 0 Å². The first-order valence-electron chi connectivity index (χ1n) is 6.60. The number of sulfonamides is 1. The first-order valence-corrected chi connectivity index (χ1v) is 8.04. The van der Waals surface area contributed by atoms with Crippen molar-refractivity contribution in [2.45, 2.75) is 30.7 Å². The lowest BCUT2D eigenvalue weighted by Crippen LogP contribution is -2.33. The molecule has 3 rings (SSSR count). The highest BCUT2D eigenvalue weighted by Gasteiger charge is 2.33. The first kappa shape index (κ1) is 13.3. The number of rotatable bonds is 2. The fourth-order valence-corrected chi connectivity index (χ4v) is 4.63. The Morgan fingerprint density at radius 1 is 1.35 bits per heavy atom. The Labute approximate surface area is 117 Å². The zero-order valence-electron chi connectivity index (χ0n) is 11.2. The van der Waals surface area contributed by atoms with Crippen LogP contribution in [0.2, 0.25) is 0 Å². The van der Waals surface area contributed by atoms with Crippen LogP contribution in [0.25, 0.3) is 10.9 Å². The molecule has 5 nitrogen and oxygen atoms in total. The van der Waals surface area contributed by atoms with Gasteiger partial charge in [0, 0.05) is 24.2 Å². The number of hydrogen-bond donors (Lipinski definition) is 1. The molecule has 20 heavy (non-hydrogen) atoms. The minimum Gasteiger partial charge on any atom is -0.506 e. The van der Waals surface area contributed by atoms with E-state index in [2.05, 4.69) is 4.98 Å². The second-order valence-corrected chi connectivity index (χ2v) is 6.95. The molecule has 1 atom stereocenters. The van der Waals surface area contributed by atoms with Crippen molar-refractivity contribution >= 4 is 20.9 Å². The average Bonchev–Trinajstić information content (AvgIpc) is 2.86. The summed E-state index contributed by atoms with van der Waals surface area (Å²) in [5.74, 6) is -0.00554. The molecule has 0 bridgehead atoms. The number of nitrogens with zero attached hydrogens (tertiary/aromatic N) is 2. The Bertz CT molecular complexity index is 758. The van der Waals surface area contributed by atoms with Gasteiger partial charge in [-0.25, -0.2) is 8.42 Å². The van der Waals surface area contributed by atoms with Crippen molar-refractivity contribution in [3.05, 3.63) is 30.5 Å². The number of aromatic nitrogens is 1. The molecule has 6 heteroatoms. The van der Waals surface area contributed by atoms with Crippen molar-refractivity contribution in [1.82, 2.24) is 9.29 Å². The Balaban J connectivity index is 2.22. The largest absolute Gasteiger partial charge is 0.506 e. The summed E-state index contributed by atoms with van der Waals surface area (Å²) in [7, 11) is -3.55. The third kappa shape index (κ3) is 1.96. The summed E-state index contributed by atoms with van der Waals surface area (Å²) < 4.78 is 27.1. The van der Waals surface area contributed by atoms with E-state index in [9.17, 15) is 13.5 Å². The Kier molecular flexibility index (Phi) is 3.14. The molecule has 1 saturated heterocycles. The average molecular weight is 292 g/mol. The molecule has 0 aliphatic carbocycles. The molecule has 0 spiro atoms. The van der Waals surface area contributed by atoms with Crippen LogP contribution in [0.3, 0.4) is 0 Å². The molecule has 2 aromatic rings. The summed E-state index contributed by atoms with van der Waals surface area (Å²) >= 11 is 0. The second kappa shape index (κ2) is 4.71. The molecule has 1 aromatic heterocycles. The number of fused-ring (bicyclic) bond motifs is 1. The highest BCUT2D eigenvalue weighted by Crippen LogP contribution is 2.32. The van der Waals surface area contributed by atoms with Gasteiger partial charge in [0.05, 0.1) is 4.90 Å². The van der Waals surface area contributed by atoms with Gasteiger partial charge in [-0.15, -0.1) is 0 Å². The molecule has 1 aliphatic heterocycles. The van der Waals surface area contributed by atoms with E-state index < -0.39 is 10.0 Å². The molecule has 106 valence electrons. The SMILES string of the molecule is C[C@@H]1CCCN1S(=O)(=O)c1ccc(O)c2ncccc12. The molecule has 0 radical (unpaired) electrons. The van der Waals surface area contributed by atoms with Crippen LogP contribution in [0.4, 0.5) is 0 Å². The molecule has 0 amide bonds. The maximum atomic E-state index is 12.8. The number of benzene rings is 1. The van der Waals surface area contributed by atoms with Crippen molar-refractivity contribution in [2.75, 3.05) is 6.54 Å². The fourth-order valence-electron chi connectivity index (χ4n) is 2.75. The van der Waals surface area contributed by atoms with Crippen LogP contribution < -0.4 is 0 Å². The van der Waals surface area contributed by atoms with Crippen molar-refractivity contribution < 1.29 is 13.5 Å². The predicted molar refractivity (Wildman–Crippen MR) is 76.0 cm³/mol. The maximum absolute atomic E-state index is 12.8. The van der Waals surface area contributed by atoms with E-state index in [4.69, 9.17) is 0 Å². The van der Waals surface area contributed by atoms with Gasteiger partial charge in [-0.1, -0.05) is 0 Å². The van der Waals surface area contributed by atoms with E-state index in [1.807, 2.05) is 6.92 Å². The number of phenols is 1. The number of pyridine rings is 1. The normalized spacial score (nSPS) is 20.6. The standard InChI is InChI=1S/C14H16N2O3S/c1-10-4-3-9-16(10)20(18,19)13-7-6-12(17)14-11(13)5-2-8-15-14/h2,5-8,10,17H,3-4,9H2,1H3/t10-/m1/s1. The molecule has 1 N–H and O–H groups in total. The number of phenolic OH excluding ortho intramolecular Hbond substituents is 1. The minimum absolute atomic E-state index is 0.00554. The van der Waals surface area contributed by atoms with Crippen LogP contribution in [0.5, 0.6) is 5.75 Å². The van der Waals surface area contributed by atoms with Gasteiger partial charge in [-0.3, -0.25) is 4.98 Å². The molecular formula is C14H16N2O3S. The summed E-state index contributed by atoms with van der Waals surface area (Å²) in [6.45, 7) is 2.47. The molecule has 0 unspecified atom stereocenters. The lowest BCUT2D eigenvalue weighted by molar-refractivity contribution is 0.409. The monoisotopic (exact) mass is 292 g/mol. The van der Waals surface area contributed by atoms with E-state index >= 15 is 0 Å². The molecule has 2 heterocycles. The summed E-state index contributed by atoms with van der Waals surface area (Å²) in [5.41, 5.74) is 0.320. The van der Waals surface area contributed by atoms with E-state index in [-0.39, 0.29) is 16.7 Å². The third-order valence-electron chi connectivity index (χ3n) is 3.79. The summed E-state index contributed by atoms with van der Waals surface area (Å²) in [5, 5.41) is 10.3. The van der Waals surface area contributed by atoms with Crippen molar-refractivity contribution in [2.24, 2.45) is 0 Å². The van der Waals surface area contributed by atoms with Crippen LogP contribution in [0, 0.1) is 0 Å². The Morgan fingerprint density at radius 2 is 2.15 bits per heavy atom. The summed E-state index contributed by atoms with van der Waals surface area (Å²) in [4.78, 5) is 4.28. The highest BCUT2D eigenvalue weighted by molar-refractivity contribution is 7.89. The smallest absolute Gasteiger partial charge is 0.243 e. The lowest BCUT2D eigenvalue weighted by atomic mass is 10.2.